The topological polar surface area (TPSA) is 99.8 Å². The fourth-order valence-corrected chi connectivity index (χ4v) is 5.57. The fraction of sp³-hybridized carbons (Fsp3) is 0.400. The second-order valence-electron chi connectivity index (χ2n) is 8.93. The number of carbonyl (C=O) groups excluding carboxylic acids is 1. The number of benzene rings is 2. The van der Waals surface area contributed by atoms with E-state index in [4.69, 9.17) is 4.52 Å². The first-order valence-corrected chi connectivity index (χ1v) is 13.2. The molecule has 3 aromatic rings. The van der Waals surface area contributed by atoms with Crippen molar-refractivity contribution >= 4 is 28.3 Å². The Kier molecular flexibility index (Phi) is 9.77. The number of amides is 1. The molecule has 1 amide bonds. The quantitative estimate of drug-likeness (QED) is 0.403. The molecule has 0 N–H and O–H groups in total. The van der Waals surface area contributed by atoms with Gasteiger partial charge in [-0.2, -0.15) is 9.29 Å². The van der Waals surface area contributed by atoms with Crippen molar-refractivity contribution in [1.82, 2.24) is 24.2 Å². The van der Waals surface area contributed by atoms with Gasteiger partial charge >= 0.3 is 0 Å². The van der Waals surface area contributed by atoms with E-state index >= 15 is 0 Å². The maximum absolute atomic E-state index is 13.5. The van der Waals surface area contributed by atoms with E-state index in [1.807, 2.05) is 30.3 Å². The van der Waals surface area contributed by atoms with Crippen LogP contribution in [0.2, 0.25) is 0 Å². The van der Waals surface area contributed by atoms with Crippen LogP contribution in [-0.4, -0.2) is 71.8 Å². The molecule has 0 saturated carbocycles. The van der Waals surface area contributed by atoms with Crippen molar-refractivity contribution in [3.05, 3.63) is 77.2 Å². The molecule has 200 valence electrons. The van der Waals surface area contributed by atoms with Crippen molar-refractivity contribution in [2.75, 3.05) is 33.2 Å². The Morgan fingerprint density at radius 3 is 2.49 bits per heavy atom. The highest BCUT2D eigenvalue weighted by Crippen LogP contribution is 2.20. The van der Waals surface area contributed by atoms with Gasteiger partial charge < -0.3 is 9.42 Å². The van der Waals surface area contributed by atoms with Crippen molar-refractivity contribution in [2.45, 2.75) is 37.8 Å². The van der Waals surface area contributed by atoms with E-state index in [1.54, 1.807) is 18.9 Å². The third kappa shape index (κ3) is 7.35. The van der Waals surface area contributed by atoms with Gasteiger partial charge in [-0.25, -0.2) is 12.8 Å². The van der Waals surface area contributed by atoms with Gasteiger partial charge in [-0.3, -0.25) is 9.69 Å². The van der Waals surface area contributed by atoms with Crippen molar-refractivity contribution in [1.29, 1.82) is 0 Å². The molecule has 0 spiro atoms. The van der Waals surface area contributed by atoms with Crippen LogP contribution < -0.4 is 0 Å². The lowest BCUT2D eigenvalue weighted by atomic mass is 10.2. The zero-order valence-corrected chi connectivity index (χ0v) is 22.5. The van der Waals surface area contributed by atoms with Crippen LogP contribution in [-0.2, 0) is 34.3 Å². The molecule has 0 unspecified atom stereocenters. The summed E-state index contributed by atoms with van der Waals surface area (Å²) in [6, 6.07) is 13.6. The number of piperazine rings is 1. The van der Waals surface area contributed by atoms with Crippen LogP contribution in [0.1, 0.15) is 29.3 Å². The first-order chi connectivity index (χ1) is 17.2. The molecule has 0 atom stereocenters. The molecular weight excluding hydrogens is 521 g/mol. The fourth-order valence-electron chi connectivity index (χ4n) is 4.06. The Balaban J connectivity index is 0.00000380. The zero-order valence-electron chi connectivity index (χ0n) is 20.8. The van der Waals surface area contributed by atoms with Gasteiger partial charge in [0.05, 0.1) is 11.4 Å². The van der Waals surface area contributed by atoms with E-state index in [2.05, 4.69) is 15.0 Å². The van der Waals surface area contributed by atoms with Crippen LogP contribution in [0.15, 0.2) is 57.9 Å². The Bertz CT molecular complexity index is 1300. The summed E-state index contributed by atoms with van der Waals surface area (Å²) in [6.45, 7) is 4.14. The molecule has 4 rings (SSSR count). The number of rotatable bonds is 9. The second kappa shape index (κ2) is 12.6. The maximum Gasteiger partial charge on any atom is 0.243 e. The summed E-state index contributed by atoms with van der Waals surface area (Å²) in [5.74, 6) is 0.467. The maximum atomic E-state index is 13.5. The summed E-state index contributed by atoms with van der Waals surface area (Å²) < 4.78 is 46.1. The Hall–Kier alpha value is -2.86. The normalized spacial score (nSPS) is 14.8. The number of carbonyl (C=O) groups is 1. The summed E-state index contributed by atoms with van der Waals surface area (Å²) in [4.78, 5) is 20.7. The van der Waals surface area contributed by atoms with Crippen LogP contribution in [0.3, 0.4) is 0 Å². The molecule has 0 bridgehead atoms. The molecule has 1 fully saturated rings. The highest BCUT2D eigenvalue weighted by Gasteiger charge is 2.29. The van der Waals surface area contributed by atoms with E-state index in [0.29, 0.717) is 63.0 Å². The summed E-state index contributed by atoms with van der Waals surface area (Å²) in [5.41, 5.74) is 1.36. The third-order valence-electron chi connectivity index (χ3n) is 6.21. The Labute approximate surface area is 222 Å². The van der Waals surface area contributed by atoms with Gasteiger partial charge in [-0.15, -0.1) is 12.4 Å². The highest BCUT2D eigenvalue weighted by molar-refractivity contribution is 7.89. The summed E-state index contributed by atoms with van der Waals surface area (Å²) in [5, 5.41) is 4.01. The van der Waals surface area contributed by atoms with Crippen LogP contribution in [0.25, 0.3) is 0 Å². The third-order valence-corrected chi connectivity index (χ3v) is 8.11. The van der Waals surface area contributed by atoms with Crippen LogP contribution in [0.4, 0.5) is 4.39 Å². The molecule has 9 nitrogen and oxygen atoms in total. The predicted molar refractivity (Wildman–Crippen MR) is 138 cm³/mol. The van der Waals surface area contributed by atoms with Gasteiger partial charge in [0.2, 0.25) is 21.8 Å². The molecule has 2 aromatic carbocycles. The largest absolute Gasteiger partial charge is 0.341 e. The highest BCUT2D eigenvalue weighted by atomic mass is 35.5. The first kappa shape index (κ1) is 28.7. The summed E-state index contributed by atoms with van der Waals surface area (Å²) in [6.07, 6.45) is 0.623. The Morgan fingerprint density at radius 2 is 1.81 bits per heavy atom. The molecule has 37 heavy (non-hydrogen) atoms. The molecule has 1 aliphatic rings. The molecular formula is C25H31ClFN5O4S. The zero-order chi connectivity index (χ0) is 25.7. The van der Waals surface area contributed by atoms with Crippen molar-refractivity contribution in [3.63, 3.8) is 0 Å². The van der Waals surface area contributed by atoms with E-state index in [-0.39, 0.29) is 29.6 Å². The minimum Gasteiger partial charge on any atom is -0.341 e. The number of hydrogen-bond acceptors (Lipinski definition) is 7. The molecule has 1 aromatic heterocycles. The van der Waals surface area contributed by atoms with Crippen molar-refractivity contribution in [2.24, 2.45) is 0 Å². The average molecular weight is 552 g/mol. The molecule has 1 aliphatic heterocycles. The number of sulfonamides is 1. The number of aromatic nitrogens is 2. The predicted octanol–water partition coefficient (Wildman–Crippen LogP) is 3.04. The lowest BCUT2D eigenvalue weighted by molar-refractivity contribution is -0.130. The molecule has 12 heteroatoms. The number of hydrogen-bond donors (Lipinski definition) is 0. The molecule has 0 radical (unpaired) electrons. The number of aryl methyl sites for hydroxylation is 2. The van der Waals surface area contributed by atoms with E-state index in [0.717, 1.165) is 5.56 Å². The lowest BCUT2D eigenvalue weighted by Gasteiger charge is -2.33. The van der Waals surface area contributed by atoms with Crippen LogP contribution >= 0.6 is 12.4 Å². The van der Waals surface area contributed by atoms with E-state index in [1.165, 1.54) is 22.5 Å². The molecule has 2 heterocycles. The van der Waals surface area contributed by atoms with Gasteiger partial charge in [0.25, 0.3) is 0 Å². The van der Waals surface area contributed by atoms with E-state index in [9.17, 15) is 17.6 Å². The first-order valence-electron chi connectivity index (χ1n) is 11.8. The lowest BCUT2D eigenvalue weighted by Crippen LogP contribution is -2.48. The molecule has 0 aliphatic carbocycles. The van der Waals surface area contributed by atoms with Gasteiger partial charge in [0, 0.05) is 52.6 Å². The minimum atomic E-state index is -3.68. The smallest absolute Gasteiger partial charge is 0.243 e. The summed E-state index contributed by atoms with van der Waals surface area (Å²) >= 11 is 0. The second-order valence-corrected chi connectivity index (χ2v) is 10.9. The van der Waals surface area contributed by atoms with Gasteiger partial charge in [0.1, 0.15) is 5.82 Å². The molecule has 1 saturated heterocycles. The standard InChI is InChI=1S/C25H30FN5O4S.ClH/c1-19-16-21(8-9-22(19)26)36(33,34)31-14-12-30(13-15-31)18-23-27-24(35-28-23)10-11-25(32)29(2)17-20-6-4-3-5-7-20;/h3-9,16H,10-15,17-18H2,1-2H3;1H. The van der Waals surface area contributed by atoms with Crippen molar-refractivity contribution in [3.8, 4) is 0 Å². The van der Waals surface area contributed by atoms with Crippen molar-refractivity contribution < 1.29 is 22.1 Å². The average Bonchev–Trinajstić information content (AvgIpc) is 3.32. The monoisotopic (exact) mass is 551 g/mol. The van der Waals surface area contributed by atoms with Gasteiger partial charge in [0.15, 0.2) is 5.82 Å². The SMILES string of the molecule is Cc1cc(S(=O)(=O)N2CCN(Cc3noc(CCC(=O)N(C)Cc4ccccc4)n3)CC2)ccc1F.Cl. The Morgan fingerprint density at radius 1 is 1.11 bits per heavy atom. The van der Waals surface area contributed by atoms with Gasteiger partial charge in [-0.1, -0.05) is 35.5 Å². The summed E-state index contributed by atoms with van der Waals surface area (Å²) in [7, 11) is -1.91. The minimum absolute atomic E-state index is 0. The van der Waals surface area contributed by atoms with Crippen LogP contribution in [0.5, 0.6) is 0 Å². The number of halogens is 2. The van der Waals surface area contributed by atoms with Crippen LogP contribution in [0, 0.1) is 12.7 Å². The number of nitrogens with zero attached hydrogens (tertiary/aromatic N) is 5. The van der Waals surface area contributed by atoms with Gasteiger partial charge in [-0.05, 0) is 36.2 Å². The van der Waals surface area contributed by atoms with E-state index < -0.39 is 15.8 Å².